The minimum atomic E-state index is 0.394. The third kappa shape index (κ3) is 3.97. The Morgan fingerprint density at radius 1 is 1.35 bits per heavy atom. The lowest BCUT2D eigenvalue weighted by Gasteiger charge is -2.27. The molecular formula is C17H28N2O. The molecule has 112 valence electrons. The van der Waals surface area contributed by atoms with Gasteiger partial charge in [0, 0.05) is 11.6 Å². The van der Waals surface area contributed by atoms with E-state index in [0.717, 1.165) is 51.1 Å². The molecule has 1 aliphatic heterocycles. The van der Waals surface area contributed by atoms with Gasteiger partial charge in [0.2, 0.25) is 0 Å². The van der Waals surface area contributed by atoms with Crippen molar-refractivity contribution in [1.82, 2.24) is 10.2 Å². The third-order valence-corrected chi connectivity index (χ3v) is 3.85. The van der Waals surface area contributed by atoms with Crippen molar-refractivity contribution in [2.45, 2.75) is 38.6 Å². The molecule has 3 nitrogen and oxygen atoms in total. The van der Waals surface area contributed by atoms with Crippen molar-refractivity contribution < 1.29 is 4.74 Å². The molecule has 2 rings (SSSR count). The highest BCUT2D eigenvalue weighted by molar-refractivity contribution is 5.44. The number of aryl methyl sites for hydroxylation is 1. The number of benzene rings is 1. The van der Waals surface area contributed by atoms with E-state index in [-0.39, 0.29) is 0 Å². The zero-order chi connectivity index (χ0) is 14.4. The Kier molecular flexibility index (Phi) is 5.86. The molecule has 1 atom stereocenters. The second kappa shape index (κ2) is 7.65. The maximum absolute atomic E-state index is 5.97. The van der Waals surface area contributed by atoms with E-state index in [1.54, 1.807) is 0 Å². The summed E-state index contributed by atoms with van der Waals surface area (Å²) in [6.07, 6.45) is 4.57. The molecule has 0 bridgehead atoms. The van der Waals surface area contributed by atoms with E-state index in [9.17, 15) is 0 Å². The molecule has 1 aromatic rings. The van der Waals surface area contributed by atoms with Gasteiger partial charge in [0.1, 0.15) is 5.75 Å². The fourth-order valence-corrected chi connectivity index (χ4v) is 2.76. The highest BCUT2D eigenvalue weighted by Gasteiger charge is 2.20. The van der Waals surface area contributed by atoms with Crippen molar-refractivity contribution in [3.05, 3.63) is 29.3 Å². The molecule has 3 heteroatoms. The molecule has 0 aromatic heterocycles. The summed E-state index contributed by atoms with van der Waals surface area (Å²) in [5, 5.41) is 3.68. The Bertz CT molecular complexity index is 417. The minimum absolute atomic E-state index is 0.394. The van der Waals surface area contributed by atoms with Crippen LogP contribution >= 0.6 is 0 Å². The van der Waals surface area contributed by atoms with Crippen LogP contribution in [-0.4, -0.2) is 38.7 Å². The summed E-state index contributed by atoms with van der Waals surface area (Å²) in [4.78, 5) is 2.25. The van der Waals surface area contributed by atoms with Crippen LogP contribution in [0, 0.1) is 0 Å². The Morgan fingerprint density at radius 2 is 2.20 bits per heavy atom. The lowest BCUT2D eigenvalue weighted by atomic mass is 9.96. The lowest BCUT2D eigenvalue weighted by Crippen LogP contribution is -2.27. The summed E-state index contributed by atoms with van der Waals surface area (Å²) in [5.41, 5.74) is 2.72. The highest BCUT2D eigenvalue weighted by atomic mass is 16.5. The van der Waals surface area contributed by atoms with E-state index in [1.165, 1.54) is 11.1 Å². The molecule has 1 N–H and O–H groups in total. The molecule has 20 heavy (non-hydrogen) atoms. The van der Waals surface area contributed by atoms with Crippen LogP contribution in [0.5, 0.6) is 5.75 Å². The quantitative estimate of drug-likeness (QED) is 0.828. The van der Waals surface area contributed by atoms with Crippen LogP contribution in [0.3, 0.4) is 0 Å². The average Bonchev–Trinajstić information content (AvgIpc) is 2.47. The average molecular weight is 276 g/mol. The molecular weight excluding hydrogens is 248 g/mol. The van der Waals surface area contributed by atoms with Crippen LogP contribution in [0.1, 0.15) is 43.4 Å². The zero-order valence-electron chi connectivity index (χ0n) is 13.1. The van der Waals surface area contributed by atoms with Gasteiger partial charge in [0.05, 0.1) is 6.61 Å². The fraction of sp³-hybridized carbons (Fsp3) is 0.647. The molecule has 0 saturated heterocycles. The minimum Gasteiger partial charge on any atom is -0.493 e. The number of hydrogen-bond acceptors (Lipinski definition) is 3. The van der Waals surface area contributed by atoms with Crippen LogP contribution < -0.4 is 10.1 Å². The molecule has 1 heterocycles. The number of nitrogens with one attached hydrogen (secondary N) is 1. The summed E-state index contributed by atoms with van der Waals surface area (Å²) >= 11 is 0. The molecule has 0 radical (unpaired) electrons. The lowest BCUT2D eigenvalue weighted by molar-refractivity contribution is 0.278. The first-order valence-electron chi connectivity index (χ1n) is 7.85. The van der Waals surface area contributed by atoms with Crippen LogP contribution in [0.25, 0.3) is 0 Å². The van der Waals surface area contributed by atoms with Gasteiger partial charge in [-0.1, -0.05) is 25.1 Å². The van der Waals surface area contributed by atoms with Gasteiger partial charge in [-0.25, -0.2) is 0 Å². The maximum Gasteiger partial charge on any atom is 0.127 e. The van der Waals surface area contributed by atoms with Crippen molar-refractivity contribution in [1.29, 1.82) is 0 Å². The molecule has 0 saturated carbocycles. The number of hydrogen-bond donors (Lipinski definition) is 1. The maximum atomic E-state index is 5.97. The van der Waals surface area contributed by atoms with E-state index in [0.29, 0.717) is 6.04 Å². The summed E-state index contributed by atoms with van der Waals surface area (Å²) in [6, 6.07) is 7.01. The Hall–Kier alpha value is -1.06. The standard InChI is InChI=1S/C17H28N2O/c1-4-11-18-16(10-12-19(2)3)15-9-5-7-14-8-6-13-20-17(14)15/h5,7,9,16,18H,4,6,8,10-13H2,1-3H3. The van der Waals surface area contributed by atoms with Crippen molar-refractivity contribution >= 4 is 0 Å². The first-order chi connectivity index (χ1) is 9.72. The van der Waals surface area contributed by atoms with Gasteiger partial charge >= 0.3 is 0 Å². The van der Waals surface area contributed by atoms with Crippen LogP contribution in [0.2, 0.25) is 0 Å². The van der Waals surface area contributed by atoms with Gasteiger partial charge in [0.15, 0.2) is 0 Å². The number of para-hydroxylation sites is 1. The second-order valence-electron chi connectivity index (χ2n) is 5.89. The van der Waals surface area contributed by atoms with Crippen LogP contribution in [-0.2, 0) is 6.42 Å². The zero-order valence-corrected chi connectivity index (χ0v) is 13.1. The van der Waals surface area contributed by atoms with Gasteiger partial charge in [-0.05, 0) is 58.4 Å². The molecule has 0 fully saturated rings. The van der Waals surface area contributed by atoms with Gasteiger partial charge in [-0.15, -0.1) is 0 Å². The van der Waals surface area contributed by atoms with Gasteiger partial charge < -0.3 is 15.0 Å². The Balaban J connectivity index is 2.18. The van der Waals surface area contributed by atoms with Crippen LogP contribution in [0.15, 0.2) is 18.2 Å². The molecule has 1 aliphatic rings. The van der Waals surface area contributed by atoms with Gasteiger partial charge in [-0.2, -0.15) is 0 Å². The SMILES string of the molecule is CCCNC(CCN(C)C)c1cccc2c1OCCC2. The molecule has 0 aliphatic carbocycles. The predicted molar refractivity (Wildman–Crippen MR) is 84.5 cm³/mol. The molecule has 0 amide bonds. The smallest absolute Gasteiger partial charge is 0.127 e. The highest BCUT2D eigenvalue weighted by Crippen LogP contribution is 2.34. The van der Waals surface area contributed by atoms with Crippen molar-refractivity contribution in [2.24, 2.45) is 0 Å². The number of fused-ring (bicyclic) bond motifs is 1. The van der Waals surface area contributed by atoms with Crippen molar-refractivity contribution in [3.63, 3.8) is 0 Å². The van der Waals surface area contributed by atoms with Crippen molar-refractivity contribution in [2.75, 3.05) is 33.8 Å². The number of ether oxygens (including phenoxy) is 1. The topological polar surface area (TPSA) is 24.5 Å². The van der Waals surface area contributed by atoms with E-state index in [1.807, 2.05) is 0 Å². The van der Waals surface area contributed by atoms with E-state index >= 15 is 0 Å². The molecule has 1 aromatic carbocycles. The number of rotatable bonds is 7. The van der Waals surface area contributed by atoms with Gasteiger partial charge in [0.25, 0.3) is 0 Å². The first kappa shape index (κ1) is 15.3. The monoisotopic (exact) mass is 276 g/mol. The Morgan fingerprint density at radius 3 is 2.95 bits per heavy atom. The van der Waals surface area contributed by atoms with Gasteiger partial charge in [-0.3, -0.25) is 0 Å². The normalized spacial score (nSPS) is 15.8. The van der Waals surface area contributed by atoms with E-state index in [2.05, 4.69) is 49.4 Å². The number of nitrogens with zero attached hydrogens (tertiary/aromatic N) is 1. The third-order valence-electron chi connectivity index (χ3n) is 3.85. The largest absolute Gasteiger partial charge is 0.493 e. The van der Waals surface area contributed by atoms with Crippen molar-refractivity contribution in [3.8, 4) is 5.75 Å². The van der Waals surface area contributed by atoms with E-state index < -0.39 is 0 Å². The predicted octanol–water partition coefficient (Wildman–Crippen LogP) is 3.00. The second-order valence-corrected chi connectivity index (χ2v) is 5.89. The first-order valence-corrected chi connectivity index (χ1v) is 7.85. The summed E-state index contributed by atoms with van der Waals surface area (Å²) < 4.78 is 5.97. The summed E-state index contributed by atoms with van der Waals surface area (Å²) in [7, 11) is 4.27. The van der Waals surface area contributed by atoms with Crippen LogP contribution in [0.4, 0.5) is 0 Å². The van der Waals surface area contributed by atoms with E-state index in [4.69, 9.17) is 4.74 Å². The summed E-state index contributed by atoms with van der Waals surface area (Å²) in [6.45, 7) is 5.22. The fourth-order valence-electron chi connectivity index (χ4n) is 2.76. The molecule has 0 spiro atoms. The Labute approximate surface area is 123 Å². The molecule has 1 unspecified atom stereocenters. The summed E-state index contributed by atoms with van der Waals surface area (Å²) in [5.74, 6) is 1.14.